The number of ether oxygens (including phenoxy) is 1. The third-order valence-electron chi connectivity index (χ3n) is 6.83. The van der Waals surface area contributed by atoms with Crippen molar-refractivity contribution in [1.82, 2.24) is 10.6 Å². The number of benzene rings is 1. The first-order valence-electron chi connectivity index (χ1n) is 13.1. The molecule has 7 nitrogen and oxygen atoms in total. The lowest BCUT2D eigenvalue weighted by Crippen LogP contribution is -2.50. The van der Waals surface area contributed by atoms with Crippen molar-refractivity contribution >= 4 is 23.4 Å². The van der Waals surface area contributed by atoms with Crippen LogP contribution in [0.5, 0.6) is 5.75 Å². The Morgan fingerprint density at radius 1 is 1.14 bits per heavy atom. The topological polar surface area (TPSA) is 87.7 Å². The molecular formula is C28H45N3O4. The van der Waals surface area contributed by atoms with E-state index < -0.39 is 6.10 Å². The highest BCUT2D eigenvalue weighted by molar-refractivity contribution is 5.97. The maximum absolute atomic E-state index is 13.4. The smallest absolute Gasteiger partial charge is 0.262 e. The maximum atomic E-state index is 13.4. The first-order valence-corrected chi connectivity index (χ1v) is 13.1. The number of carbonyl (C=O) groups excluding carboxylic acids is 3. The zero-order chi connectivity index (χ0) is 26.0. The summed E-state index contributed by atoms with van der Waals surface area (Å²) in [6, 6.07) is 7.36. The minimum absolute atomic E-state index is 0.00462. The van der Waals surface area contributed by atoms with Gasteiger partial charge in [0.25, 0.3) is 5.91 Å². The highest BCUT2D eigenvalue weighted by Gasteiger charge is 2.35. The van der Waals surface area contributed by atoms with Crippen molar-refractivity contribution in [3.05, 3.63) is 24.3 Å². The van der Waals surface area contributed by atoms with Gasteiger partial charge in [-0.3, -0.25) is 14.4 Å². The van der Waals surface area contributed by atoms with E-state index in [1.807, 2.05) is 18.2 Å². The number of hydrogen-bond donors (Lipinski definition) is 2. The van der Waals surface area contributed by atoms with Gasteiger partial charge < -0.3 is 20.3 Å². The molecule has 35 heavy (non-hydrogen) atoms. The van der Waals surface area contributed by atoms with E-state index in [-0.39, 0.29) is 35.6 Å². The second kappa shape index (κ2) is 13.5. The van der Waals surface area contributed by atoms with Gasteiger partial charge in [-0.25, -0.2) is 0 Å². The Morgan fingerprint density at radius 3 is 2.51 bits per heavy atom. The second-order valence-electron chi connectivity index (χ2n) is 10.8. The normalized spacial score (nSPS) is 16.3. The molecule has 1 aromatic rings. The molecule has 7 heteroatoms. The van der Waals surface area contributed by atoms with Crippen molar-refractivity contribution < 1.29 is 19.1 Å². The van der Waals surface area contributed by atoms with E-state index in [0.717, 1.165) is 45.1 Å². The molecule has 1 aromatic carbocycles. The molecule has 0 fully saturated rings. The van der Waals surface area contributed by atoms with Gasteiger partial charge in [0, 0.05) is 25.9 Å². The number of likely N-dealkylation sites (N-methyl/N-ethyl adjacent to an activating group) is 1. The van der Waals surface area contributed by atoms with Gasteiger partial charge in [-0.2, -0.15) is 0 Å². The van der Waals surface area contributed by atoms with Crippen LogP contribution in [0.15, 0.2) is 24.3 Å². The number of anilines is 1. The summed E-state index contributed by atoms with van der Waals surface area (Å²) in [7, 11) is 1.57. The van der Waals surface area contributed by atoms with Gasteiger partial charge >= 0.3 is 0 Å². The minimum Gasteiger partial charge on any atom is -0.477 e. The number of hydrogen-bond acceptors (Lipinski definition) is 4. The Morgan fingerprint density at radius 2 is 1.86 bits per heavy atom. The van der Waals surface area contributed by atoms with Crippen LogP contribution in [-0.4, -0.2) is 44.0 Å². The van der Waals surface area contributed by atoms with Crippen LogP contribution in [0.1, 0.15) is 79.6 Å². The zero-order valence-corrected chi connectivity index (χ0v) is 22.5. The highest BCUT2D eigenvalue weighted by Crippen LogP contribution is 2.36. The molecule has 2 rings (SSSR count). The van der Waals surface area contributed by atoms with Crippen molar-refractivity contribution in [3.8, 4) is 5.75 Å². The van der Waals surface area contributed by atoms with Gasteiger partial charge in [-0.1, -0.05) is 66.0 Å². The van der Waals surface area contributed by atoms with Gasteiger partial charge in [0.2, 0.25) is 11.8 Å². The summed E-state index contributed by atoms with van der Waals surface area (Å²) in [5.74, 6) is 0.809. The SMILES string of the molecule is CCCCNC(=O)[C@@H](CCCCC(C)(C)CC(=O)N1CC(C(=O)NC)Oc2ccccc21)C(C)C. The number of fused-ring (bicyclic) bond motifs is 1. The van der Waals surface area contributed by atoms with E-state index >= 15 is 0 Å². The molecular weight excluding hydrogens is 442 g/mol. The molecule has 0 bridgehead atoms. The number of para-hydroxylation sites is 2. The Hall–Kier alpha value is -2.57. The molecule has 2 atom stereocenters. The van der Waals surface area contributed by atoms with Crippen LogP contribution in [0.3, 0.4) is 0 Å². The summed E-state index contributed by atoms with van der Waals surface area (Å²) in [5, 5.41) is 5.70. The van der Waals surface area contributed by atoms with Gasteiger partial charge in [0.15, 0.2) is 6.10 Å². The molecule has 1 heterocycles. The summed E-state index contributed by atoms with van der Waals surface area (Å²) in [6.45, 7) is 11.5. The van der Waals surface area contributed by atoms with E-state index in [0.29, 0.717) is 23.8 Å². The second-order valence-corrected chi connectivity index (χ2v) is 10.8. The third-order valence-corrected chi connectivity index (χ3v) is 6.83. The largest absolute Gasteiger partial charge is 0.477 e. The quantitative estimate of drug-likeness (QED) is 0.395. The van der Waals surface area contributed by atoms with E-state index in [1.165, 1.54) is 0 Å². The Labute approximate surface area is 211 Å². The molecule has 0 aliphatic carbocycles. The molecule has 0 saturated heterocycles. The van der Waals surface area contributed by atoms with E-state index in [4.69, 9.17) is 4.74 Å². The predicted molar refractivity (Wildman–Crippen MR) is 140 cm³/mol. The van der Waals surface area contributed by atoms with E-state index in [1.54, 1.807) is 18.0 Å². The summed E-state index contributed by atoms with van der Waals surface area (Å²) >= 11 is 0. The molecule has 0 saturated carbocycles. The van der Waals surface area contributed by atoms with Crippen LogP contribution in [0.4, 0.5) is 5.69 Å². The monoisotopic (exact) mass is 487 g/mol. The lowest BCUT2D eigenvalue weighted by atomic mass is 9.81. The fourth-order valence-electron chi connectivity index (χ4n) is 4.62. The van der Waals surface area contributed by atoms with Gasteiger partial charge in [-0.15, -0.1) is 0 Å². The molecule has 196 valence electrons. The Bertz CT molecular complexity index is 852. The summed E-state index contributed by atoms with van der Waals surface area (Å²) in [6.07, 6.45) is 5.42. The molecule has 1 aliphatic heterocycles. The molecule has 3 amide bonds. The number of nitrogens with zero attached hydrogens (tertiary/aromatic N) is 1. The molecule has 1 unspecified atom stereocenters. The summed E-state index contributed by atoms with van der Waals surface area (Å²) in [5.41, 5.74) is 0.520. The standard InChI is InChI=1S/C28H45N3O4/c1-7-8-17-30-26(33)21(20(2)3)13-11-12-16-28(4,5)18-25(32)31-19-24(27(34)29-6)35-23-15-10-9-14-22(23)31/h9-10,14-15,20-21,24H,7-8,11-13,16-19H2,1-6H3,(H,29,34)(H,30,33)/t21-,24?/m0/s1. The number of amides is 3. The first kappa shape index (κ1) is 28.7. The minimum atomic E-state index is -0.724. The molecule has 0 spiro atoms. The lowest BCUT2D eigenvalue weighted by Gasteiger charge is -2.36. The maximum Gasteiger partial charge on any atom is 0.262 e. The zero-order valence-electron chi connectivity index (χ0n) is 22.5. The van der Waals surface area contributed by atoms with Crippen LogP contribution in [-0.2, 0) is 14.4 Å². The average molecular weight is 488 g/mol. The lowest BCUT2D eigenvalue weighted by molar-refractivity contribution is -0.128. The van der Waals surface area contributed by atoms with Crippen LogP contribution < -0.4 is 20.3 Å². The van der Waals surface area contributed by atoms with E-state index in [9.17, 15) is 14.4 Å². The van der Waals surface area contributed by atoms with Gasteiger partial charge in [0.1, 0.15) is 5.75 Å². The van der Waals surface area contributed by atoms with Crippen molar-refractivity contribution in [2.75, 3.05) is 25.0 Å². The van der Waals surface area contributed by atoms with Gasteiger partial charge in [-0.05, 0) is 42.7 Å². The average Bonchev–Trinajstić information content (AvgIpc) is 2.82. The molecule has 1 aliphatic rings. The van der Waals surface area contributed by atoms with Crippen LogP contribution in [0, 0.1) is 17.3 Å². The fourth-order valence-corrected chi connectivity index (χ4v) is 4.62. The molecule has 0 aromatic heterocycles. The van der Waals surface area contributed by atoms with Gasteiger partial charge in [0.05, 0.1) is 12.2 Å². The fraction of sp³-hybridized carbons (Fsp3) is 0.679. The number of rotatable bonds is 13. The summed E-state index contributed by atoms with van der Waals surface area (Å²) in [4.78, 5) is 39.8. The third kappa shape index (κ3) is 8.55. The number of carbonyl (C=O) groups is 3. The van der Waals surface area contributed by atoms with Crippen LogP contribution >= 0.6 is 0 Å². The van der Waals surface area contributed by atoms with Crippen LogP contribution in [0.25, 0.3) is 0 Å². The van der Waals surface area contributed by atoms with Crippen molar-refractivity contribution in [2.45, 2.75) is 85.7 Å². The first-order chi connectivity index (χ1) is 16.6. The number of unbranched alkanes of at least 4 members (excludes halogenated alkanes) is 2. The van der Waals surface area contributed by atoms with Crippen molar-refractivity contribution in [2.24, 2.45) is 17.3 Å². The molecule has 0 radical (unpaired) electrons. The Balaban J connectivity index is 1.92. The highest BCUT2D eigenvalue weighted by atomic mass is 16.5. The Kier molecular flexibility index (Phi) is 11.1. The van der Waals surface area contributed by atoms with Crippen molar-refractivity contribution in [3.63, 3.8) is 0 Å². The van der Waals surface area contributed by atoms with Crippen LogP contribution in [0.2, 0.25) is 0 Å². The number of nitrogens with one attached hydrogen (secondary N) is 2. The predicted octanol–water partition coefficient (Wildman–Crippen LogP) is 4.69. The van der Waals surface area contributed by atoms with Crippen molar-refractivity contribution in [1.29, 1.82) is 0 Å². The van der Waals surface area contributed by atoms with E-state index in [2.05, 4.69) is 45.3 Å². The summed E-state index contributed by atoms with van der Waals surface area (Å²) < 4.78 is 5.83. The molecule has 2 N–H and O–H groups in total.